The van der Waals surface area contributed by atoms with E-state index in [9.17, 15) is 31.5 Å². The fourth-order valence-electron chi connectivity index (χ4n) is 5.64. The first-order valence-electron chi connectivity index (χ1n) is 13.7. The van der Waals surface area contributed by atoms with Crippen LogP contribution in [0.3, 0.4) is 0 Å². The predicted octanol–water partition coefficient (Wildman–Crippen LogP) is 8.22. The van der Waals surface area contributed by atoms with Crippen LogP contribution in [0, 0.1) is 11.6 Å². The number of pyridine rings is 1. The quantitative estimate of drug-likeness (QED) is 0.148. The number of anilines is 1. The van der Waals surface area contributed by atoms with Crippen molar-refractivity contribution in [3.8, 4) is 5.75 Å². The fourth-order valence-corrected chi connectivity index (χ4v) is 5.86. The molecule has 0 fully saturated rings. The summed E-state index contributed by atoms with van der Waals surface area (Å²) in [6, 6.07) is 16.1. The van der Waals surface area contributed by atoms with E-state index >= 15 is 0 Å². The summed E-state index contributed by atoms with van der Waals surface area (Å²) in [7, 11) is 1.52. The Morgan fingerprint density at radius 3 is 2.48 bits per heavy atom. The molecule has 0 saturated carbocycles. The Bertz CT molecular complexity index is 2060. The molecule has 1 unspecified atom stereocenters. The van der Waals surface area contributed by atoms with Crippen molar-refractivity contribution in [2.45, 2.75) is 18.8 Å². The number of nitrogens with zero attached hydrogens (tertiary/aromatic N) is 2. The number of alkyl halides is 3. The average Bonchev–Trinajstić information content (AvgIpc) is 3.35. The number of benzene rings is 4. The van der Waals surface area contributed by atoms with Gasteiger partial charge in [0.15, 0.2) is 5.94 Å². The lowest BCUT2D eigenvalue weighted by Crippen LogP contribution is -2.24. The highest BCUT2D eigenvalue weighted by Crippen LogP contribution is 2.52. The van der Waals surface area contributed by atoms with Crippen LogP contribution in [0.5, 0.6) is 5.75 Å². The number of halogens is 6. The second kappa shape index (κ2) is 11.9. The van der Waals surface area contributed by atoms with Crippen LogP contribution < -0.4 is 10.1 Å². The van der Waals surface area contributed by atoms with Gasteiger partial charge in [-0.05, 0) is 66.2 Å². The van der Waals surface area contributed by atoms with Crippen molar-refractivity contribution < 1.29 is 36.3 Å². The van der Waals surface area contributed by atoms with E-state index in [0.717, 1.165) is 5.56 Å². The number of rotatable bonds is 6. The van der Waals surface area contributed by atoms with Crippen molar-refractivity contribution in [1.29, 1.82) is 0 Å². The van der Waals surface area contributed by atoms with Gasteiger partial charge in [-0.1, -0.05) is 29.8 Å². The number of nitrogens with one attached hydrogen (secondary N) is 1. The molecule has 1 N–H and O–H groups in total. The van der Waals surface area contributed by atoms with Crippen molar-refractivity contribution in [1.82, 2.24) is 9.88 Å². The Balaban J connectivity index is 1.57. The number of ether oxygens (including phenoxy) is 1. The van der Waals surface area contributed by atoms with E-state index in [1.165, 1.54) is 37.6 Å². The fraction of sp³-hybridized carbons (Fsp3) is 0.118. The lowest BCUT2D eigenvalue weighted by atomic mass is 9.92. The monoisotopic (exact) mass is 649 g/mol. The molecule has 2 heterocycles. The molecule has 0 aliphatic carbocycles. The summed E-state index contributed by atoms with van der Waals surface area (Å²) in [5, 5.41) is 3.24. The highest BCUT2D eigenvalue weighted by molar-refractivity contribution is 6.31. The SMILES string of the molecule is COc1ccc(CN2C(=C=O)c3c(c(NC(=O)c4cc(F)cc(C(F)(F)F)c4)cc4ncccc34)C2c2cc(F)ccc2Cl)cc1. The zero-order valence-corrected chi connectivity index (χ0v) is 24.5. The van der Waals surface area contributed by atoms with Crippen LogP contribution in [-0.2, 0) is 17.5 Å². The minimum atomic E-state index is -4.91. The third-order valence-corrected chi connectivity index (χ3v) is 8.00. The highest BCUT2D eigenvalue weighted by atomic mass is 35.5. The van der Waals surface area contributed by atoms with Gasteiger partial charge in [0.2, 0.25) is 0 Å². The van der Waals surface area contributed by atoms with Crippen LogP contribution >= 0.6 is 11.6 Å². The Kier molecular flexibility index (Phi) is 7.97. The van der Waals surface area contributed by atoms with Gasteiger partial charge in [-0.25, -0.2) is 13.6 Å². The highest BCUT2D eigenvalue weighted by Gasteiger charge is 2.41. The molecular weight excluding hydrogens is 629 g/mol. The summed E-state index contributed by atoms with van der Waals surface area (Å²) in [4.78, 5) is 32.3. The summed E-state index contributed by atoms with van der Waals surface area (Å²) < 4.78 is 74.6. The molecular formula is C34H21ClF5N3O3. The number of aromatic nitrogens is 1. The van der Waals surface area contributed by atoms with Gasteiger partial charge in [0, 0.05) is 51.1 Å². The summed E-state index contributed by atoms with van der Waals surface area (Å²) in [6.07, 6.45) is -3.42. The number of amides is 1. The smallest absolute Gasteiger partial charge is 0.416 e. The first-order valence-corrected chi connectivity index (χ1v) is 14.1. The number of hydrogen-bond donors (Lipinski definition) is 1. The second-order valence-corrected chi connectivity index (χ2v) is 10.9. The van der Waals surface area contributed by atoms with E-state index in [0.29, 0.717) is 39.9 Å². The summed E-state index contributed by atoms with van der Waals surface area (Å²) in [6.45, 7) is 0.0920. The molecule has 232 valence electrons. The number of hydrogen-bond acceptors (Lipinski definition) is 5. The Morgan fingerprint density at radius 1 is 1.02 bits per heavy atom. The van der Waals surface area contributed by atoms with Gasteiger partial charge in [-0.15, -0.1) is 0 Å². The molecule has 1 aliphatic rings. The molecule has 0 spiro atoms. The Morgan fingerprint density at radius 2 is 1.78 bits per heavy atom. The van der Waals surface area contributed by atoms with Gasteiger partial charge in [0.05, 0.1) is 24.2 Å². The van der Waals surface area contributed by atoms with Gasteiger partial charge in [0.1, 0.15) is 23.1 Å². The predicted molar refractivity (Wildman–Crippen MR) is 162 cm³/mol. The third kappa shape index (κ3) is 5.66. The molecule has 6 rings (SSSR count). The maximum absolute atomic E-state index is 14.8. The van der Waals surface area contributed by atoms with E-state index in [1.807, 2.05) is 5.94 Å². The topological polar surface area (TPSA) is 71.5 Å². The van der Waals surface area contributed by atoms with E-state index in [4.69, 9.17) is 16.3 Å². The molecule has 1 atom stereocenters. The molecule has 0 bridgehead atoms. The lowest BCUT2D eigenvalue weighted by molar-refractivity contribution is -0.137. The zero-order valence-electron chi connectivity index (χ0n) is 23.8. The average molecular weight is 650 g/mol. The summed E-state index contributed by atoms with van der Waals surface area (Å²) in [5.41, 5.74) is 0.0539. The van der Waals surface area contributed by atoms with Crippen molar-refractivity contribution >= 4 is 45.7 Å². The van der Waals surface area contributed by atoms with Crippen molar-refractivity contribution in [3.05, 3.63) is 135 Å². The minimum Gasteiger partial charge on any atom is -0.497 e. The minimum absolute atomic E-state index is 0.0410. The normalized spacial score (nSPS) is 14.3. The van der Waals surface area contributed by atoms with Crippen LogP contribution in [-0.4, -0.2) is 28.8 Å². The van der Waals surface area contributed by atoms with Gasteiger partial charge < -0.3 is 15.0 Å². The van der Waals surface area contributed by atoms with Crippen LogP contribution in [0.15, 0.2) is 85.1 Å². The molecule has 4 aromatic carbocycles. The largest absolute Gasteiger partial charge is 0.497 e. The van der Waals surface area contributed by atoms with Gasteiger partial charge in [-0.2, -0.15) is 13.2 Å². The second-order valence-electron chi connectivity index (χ2n) is 10.5. The summed E-state index contributed by atoms with van der Waals surface area (Å²) in [5.74, 6) is -0.346. The Labute approximate surface area is 263 Å². The van der Waals surface area contributed by atoms with Gasteiger partial charge in [0.25, 0.3) is 5.91 Å². The Hall–Kier alpha value is -5.25. The van der Waals surface area contributed by atoms with Crippen LogP contribution in [0.2, 0.25) is 5.02 Å². The number of methoxy groups -OCH3 is 1. The molecule has 5 aromatic rings. The van der Waals surface area contributed by atoms with Crippen LogP contribution in [0.4, 0.5) is 27.6 Å². The van der Waals surface area contributed by atoms with Crippen molar-refractivity contribution in [2.75, 3.05) is 12.4 Å². The van der Waals surface area contributed by atoms with Crippen molar-refractivity contribution in [2.24, 2.45) is 0 Å². The molecule has 0 radical (unpaired) electrons. The first-order chi connectivity index (χ1) is 22.0. The molecule has 12 heteroatoms. The number of carbonyl (C=O) groups is 1. The summed E-state index contributed by atoms with van der Waals surface area (Å²) >= 11 is 6.63. The van der Waals surface area contributed by atoms with E-state index < -0.39 is 40.9 Å². The lowest BCUT2D eigenvalue weighted by Gasteiger charge is -2.29. The van der Waals surface area contributed by atoms with Gasteiger partial charge in [-0.3, -0.25) is 9.78 Å². The number of carbonyl (C=O) groups excluding carboxylic acids is 2. The van der Waals surface area contributed by atoms with E-state index in [1.54, 1.807) is 41.3 Å². The molecule has 46 heavy (non-hydrogen) atoms. The zero-order chi connectivity index (χ0) is 32.7. The maximum atomic E-state index is 14.8. The standard InChI is InChI=1S/C34H21ClF5N3O3/c1-46-23-7-4-18(5-8-23)16-43-29(17-44)30-24-3-2-10-41-27(24)15-28(31(30)32(43)25-14-21(36)6-9-26(25)35)42-33(45)19-11-20(34(38,39)40)13-22(37)12-19/h2-15,32H,16H2,1H3,(H,42,45). The first kappa shape index (κ1) is 30.8. The van der Waals surface area contributed by atoms with E-state index in [-0.39, 0.29) is 34.6 Å². The van der Waals surface area contributed by atoms with E-state index in [2.05, 4.69) is 10.3 Å². The molecule has 6 nitrogen and oxygen atoms in total. The molecule has 1 aromatic heterocycles. The maximum Gasteiger partial charge on any atom is 0.416 e. The van der Waals surface area contributed by atoms with Crippen molar-refractivity contribution in [3.63, 3.8) is 0 Å². The van der Waals surface area contributed by atoms with Crippen LogP contribution in [0.1, 0.15) is 44.2 Å². The molecule has 1 aliphatic heterocycles. The third-order valence-electron chi connectivity index (χ3n) is 7.65. The molecule has 0 saturated heterocycles. The van der Waals surface area contributed by atoms with Crippen LogP contribution in [0.25, 0.3) is 16.6 Å². The molecule has 1 amide bonds. The van der Waals surface area contributed by atoms with Gasteiger partial charge >= 0.3 is 6.18 Å². The number of fused-ring (bicyclic) bond motifs is 3.